The van der Waals surface area contributed by atoms with E-state index in [2.05, 4.69) is 9.88 Å². The lowest BCUT2D eigenvalue weighted by Gasteiger charge is -2.18. The van der Waals surface area contributed by atoms with Gasteiger partial charge in [0.05, 0.1) is 5.52 Å². The van der Waals surface area contributed by atoms with Crippen molar-refractivity contribution in [1.29, 1.82) is 0 Å². The fourth-order valence-electron chi connectivity index (χ4n) is 1.60. The zero-order valence-corrected chi connectivity index (χ0v) is 9.75. The van der Waals surface area contributed by atoms with Gasteiger partial charge in [-0.15, -0.1) is 11.6 Å². The van der Waals surface area contributed by atoms with E-state index >= 15 is 0 Å². The molecule has 0 amide bonds. The molecule has 0 atom stereocenters. The third kappa shape index (κ3) is 2.22. The fourth-order valence-corrected chi connectivity index (χ4v) is 1.72. The molecular weight excluding hydrogens is 228 g/mol. The largest absolute Gasteiger partial charge is 0.417 e. The second-order valence-corrected chi connectivity index (χ2v) is 4.04. The number of halogens is 1. The van der Waals surface area contributed by atoms with Crippen LogP contribution >= 0.6 is 11.6 Å². The fraction of sp³-hybridized carbons (Fsp3) is 0.364. The van der Waals surface area contributed by atoms with Crippen molar-refractivity contribution in [2.75, 3.05) is 24.4 Å². The average molecular weight is 241 g/mol. The molecule has 5 heteroatoms. The Morgan fingerprint density at radius 2 is 2.31 bits per heavy atom. The number of aromatic nitrogens is 1. The average Bonchev–Trinajstić information content (AvgIpc) is 2.64. The van der Waals surface area contributed by atoms with Crippen LogP contribution < -0.4 is 10.7 Å². The number of oxazole rings is 1. The van der Waals surface area contributed by atoms with E-state index in [-0.39, 0.29) is 0 Å². The molecule has 2 aromatic rings. The molecule has 16 heavy (non-hydrogen) atoms. The van der Waals surface area contributed by atoms with Gasteiger partial charge in [0.15, 0.2) is 5.58 Å². The van der Waals surface area contributed by atoms with E-state index in [1.165, 1.54) is 0 Å². The minimum atomic E-state index is -0.421. The first-order valence-corrected chi connectivity index (χ1v) is 5.64. The van der Waals surface area contributed by atoms with Crippen LogP contribution in [0.3, 0.4) is 0 Å². The third-order valence-corrected chi connectivity index (χ3v) is 2.74. The summed E-state index contributed by atoms with van der Waals surface area (Å²) >= 11 is 5.64. The third-order valence-electron chi connectivity index (χ3n) is 2.47. The summed E-state index contributed by atoms with van der Waals surface area (Å²) in [5, 5.41) is 0. The maximum Gasteiger partial charge on any atom is 0.417 e. The van der Waals surface area contributed by atoms with E-state index in [1.807, 2.05) is 25.2 Å². The molecule has 0 aliphatic rings. The highest BCUT2D eigenvalue weighted by Gasteiger charge is 2.05. The summed E-state index contributed by atoms with van der Waals surface area (Å²) in [6.45, 7) is 0.879. The lowest BCUT2D eigenvalue weighted by Crippen LogP contribution is -2.18. The number of fused-ring (bicyclic) bond motifs is 1. The Kier molecular flexibility index (Phi) is 3.19. The summed E-state index contributed by atoms with van der Waals surface area (Å²) in [4.78, 5) is 15.7. The Morgan fingerprint density at radius 1 is 1.50 bits per heavy atom. The van der Waals surface area contributed by atoms with Crippen molar-refractivity contribution in [1.82, 2.24) is 4.98 Å². The summed E-state index contributed by atoms with van der Waals surface area (Å²) in [6, 6.07) is 5.64. The number of nitrogens with zero attached hydrogens (tertiary/aromatic N) is 1. The molecule has 4 nitrogen and oxygen atoms in total. The minimum Gasteiger partial charge on any atom is -0.408 e. The highest BCUT2D eigenvalue weighted by atomic mass is 35.5. The zero-order valence-electron chi connectivity index (χ0n) is 9.00. The van der Waals surface area contributed by atoms with Crippen molar-refractivity contribution < 1.29 is 4.42 Å². The second kappa shape index (κ2) is 4.61. The molecule has 0 unspecified atom stereocenters. The van der Waals surface area contributed by atoms with Crippen LogP contribution in [0.25, 0.3) is 11.1 Å². The van der Waals surface area contributed by atoms with Gasteiger partial charge < -0.3 is 9.32 Å². The minimum absolute atomic E-state index is 0.421. The van der Waals surface area contributed by atoms with Gasteiger partial charge in [-0.05, 0) is 18.6 Å². The molecule has 0 fully saturated rings. The maximum absolute atomic E-state index is 11.0. The highest BCUT2D eigenvalue weighted by molar-refractivity contribution is 6.17. The van der Waals surface area contributed by atoms with Gasteiger partial charge in [-0.25, -0.2) is 4.79 Å². The Morgan fingerprint density at radius 3 is 3.06 bits per heavy atom. The van der Waals surface area contributed by atoms with Crippen molar-refractivity contribution in [2.24, 2.45) is 0 Å². The van der Waals surface area contributed by atoms with E-state index in [9.17, 15) is 4.79 Å². The van der Waals surface area contributed by atoms with Crippen molar-refractivity contribution in [2.45, 2.75) is 6.42 Å². The Labute approximate surface area is 97.8 Å². The number of H-pyrrole nitrogens is 1. The van der Waals surface area contributed by atoms with Gasteiger partial charge in [0.1, 0.15) is 0 Å². The van der Waals surface area contributed by atoms with Crippen LogP contribution in [0.4, 0.5) is 5.69 Å². The molecule has 0 radical (unpaired) electrons. The number of anilines is 1. The number of hydrogen-bond donors (Lipinski definition) is 1. The molecule has 1 aromatic heterocycles. The van der Waals surface area contributed by atoms with E-state index in [0.717, 1.165) is 24.2 Å². The Hall–Kier alpha value is -1.42. The molecule has 0 saturated carbocycles. The first kappa shape index (κ1) is 11.1. The SMILES string of the molecule is CN(CCCCl)c1ccc2[nH]c(=O)oc2c1. The first-order valence-electron chi connectivity index (χ1n) is 5.10. The molecular formula is C11H13ClN2O2. The molecule has 0 aliphatic heterocycles. The van der Waals surface area contributed by atoms with Crippen LogP contribution in [0.5, 0.6) is 0 Å². The smallest absolute Gasteiger partial charge is 0.408 e. The highest BCUT2D eigenvalue weighted by Crippen LogP contribution is 2.19. The standard InChI is InChI=1S/C11H13ClN2O2/c1-14(6-2-5-12)8-3-4-9-10(7-8)16-11(15)13-9/h3-4,7H,2,5-6H2,1H3,(H,13,15). The Balaban J connectivity index is 2.27. The lowest BCUT2D eigenvalue weighted by atomic mass is 10.2. The molecule has 0 saturated heterocycles. The van der Waals surface area contributed by atoms with Crippen LogP contribution in [0.2, 0.25) is 0 Å². The lowest BCUT2D eigenvalue weighted by molar-refractivity contribution is 0.555. The summed E-state index contributed by atoms with van der Waals surface area (Å²) in [6.07, 6.45) is 0.924. The predicted molar refractivity (Wildman–Crippen MR) is 65.4 cm³/mol. The normalized spacial score (nSPS) is 10.9. The summed E-state index contributed by atoms with van der Waals surface area (Å²) in [5.74, 6) is 0.224. The van der Waals surface area contributed by atoms with Crippen LogP contribution in [0.1, 0.15) is 6.42 Å². The number of aromatic amines is 1. The van der Waals surface area contributed by atoms with Gasteiger partial charge in [0.25, 0.3) is 0 Å². The van der Waals surface area contributed by atoms with Gasteiger partial charge in [-0.1, -0.05) is 0 Å². The van der Waals surface area contributed by atoms with E-state index < -0.39 is 5.76 Å². The van der Waals surface area contributed by atoms with Crippen LogP contribution in [-0.4, -0.2) is 24.5 Å². The van der Waals surface area contributed by atoms with E-state index in [0.29, 0.717) is 11.5 Å². The van der Waals surface area contributed by atoms with E-state index in [4.69, 9.17) is 16.0 Å². The van der Waals surface area contributed by atoms with Crippen LogP contribution in [0, 0.1) is 0 Å². The zero-order chi connectivity index (χ0) is 11.5. The van der Waals surface area contributed by atoms with Gasteiger partial charge >= 0.3 is 5.76 Å². The number of rotatable bonds is 4. The van der Waals surface area contributed by atoms with Crippen LogP contribution in [-0.2, 0) is 0 Å². The summed E-state index contributed by atoms with van der Waals surface area (Å²) in [5.41, 5.74) is 2.32. The Bertz CT molecular complexity index is 532. The number of alkyl halides is 1. The number of benzene rings is 1. The van der Waals surface area contributed by atoms with E-state index in [1.54, 1.807) is 0 Å². The summed E-state index contributed by atoms with van der Waals surface area (Å²) in [7, 11) is 1.98. The molecule has 1 N–H and O–H groups in total. The van der Waals surface area contributed by atoms with Gasteiger partial charge in [-0.3, -0.25) is 4.98 Å². The molecule has 1 aromatic carbocycles. The second-order valence-electron chi connectivity index (χ2n) is 3.66. The van der Waals surface area contributed by atoms with Gasteiger partial charge in [0, 0.05) is 31.2 Å². The van der Waals surface area contributed by atoms with Crippen molar-refractivity contribution >= 4 is 28.4 Å². The van der Waals surface area contributed by atoms with Crippen molar-refractivity contribution in [3.8, 4) is 0 Å². The monoisotopic (exact) mass is 240 g/mol. The van der Waals surface area contributed by atoms with Crippen LogP contribution in [0.15, 0.2) is 27.4 Å². The number of hydrogen-bond acceptors (Lipinski definition) is 3. The van der Waals surface area contributed by atoms with Crippen molar-refractivity contribution in [3.05, 3.63) is 28.7 Å². The molecule has 2 rings (SSSR count). The van der Waals surface area contributed by atoms with Crippen molar-refractivity contribution in [3.63, 3.8) is 0 Å². The topological polar surface area (TPSA) is 49.2 Å². The molecule has 1 heterocycles. The number of nitrogens with one attached hydrogen (secondary N) is 1. The predicted octanol–water partition coefficient (Wildman–Crippen LogP) is 2.19. The first-order chi connectivity index (χ1) is 7.70. The van der Waals surface area contributed by atoms with Gasteiger partial charge in [0.2, 0.25) is 0 Å². The quantitative estimate of drug-likeness (QED) is 0.834. The summed E-state index contributed by atoms with van der Waals surface area (Å²) < 4.78 is 5.00. The molecule has 86 valence electrons. The maximum atomic E-state index is 11.0. The molecule has 0 spiro atoms. The van der Waals surface area contributed by atoms with Gasteiger partial charge in [-0.2, -0.15) is 0 Å². The molecule has 0 bridgehead atoms. The molecule has 0 aliphatic carbocycles.